The van der Waals surface area contributed by atoms with Crippen LogP contribution in [0.1, 0.15) is 29.3 Å². The van der Waals surface area contributed by atoms with Gasteiger partial charge in [-0.05, 0) is 24.3 Å². The van der Waals surface area contributed by atoms with Gasteiger partial charge >= 0.3 is 0 Å². The van der Waals surface area contributed by atoms with Crippen molar-refractivity contribution in [2.24, 2.45) is 11.8 Å². The van der Waals surface area contributed by atoms with Crippen LogP contribution in [-0.2, 0) is 0 Å². The molecule has 100 valence electrons. The first-order valence-corrected chi connectivity index (χ1v) is 6.42. The molecular weight excluding hydrogens is 240 g/mol. The number of carbonyl (C=O) groups is 1. The molecule has 4 heteroatoms. The molecule has 1 saturated carbocycles. The Bertz CT molecular complexity index is 530. The van der Waals surface area contributed by atoms with Gasteiger partial charge in [0.05, 0.1) is 11.1 Å². The van der Waals surface area contributed by atoms with Gasteiger partial charge in [0.1, 0.15) is 6.61 Å². The van der Waals surface area contributed by atoms with Crippen LogP contribution in [0.15, 0.2) is 18.5 Å². The third kappa shape index (κ3) is 3.33. The topological polar surface area (TPSA) is 53.4 Å². The van der Waals surface area contributed by atoms with E-state index < -0.39 is 0 Å². The van der Waals surface area contributed by atoms with Crippen LogP contribution in [0.4, 0.5) is 0 Å². The molecule has 0 radical (unpaired) electrons. The number of carbonyl (C=O) groups excluding carboxylic acids is 1. The number of pyridine rings is 1. The quantitative estimate of drug-likeness (QED) is 0.828. The summed E-state index contributed by atoms with van der Waals surface area (Å²) in [7, 11) is 1.82. The number of nitrogens with zero attached hydrogens (tertiary/aromatic N) is 2. The summed E-state index contributed by atoms with van der Waals surface area (Å²) in [5.74, 6) is 6.63. The normalized spacial score (nSPS) is 20.4. The number of aliphatic hydroxyl groups excluding tert-OH is 1. The molecule has 4 nitrogen and oxygen atoms in total. The van der Waals surface area contributed by atoms with Crippen molar-refractivity contribution in [1.82, 2.24) is 9.88 Å². The molecule has 0 aromatic carbocycles. The molecule has 1 aliphatic carbocycles. The maximum Gasteiger partial charge on any atom is 0.254 e. The van der Waals surface area contributed by atoms with Crippen LogP contribution < -0.4 is 0 Å². The summed E-state index contributed by atoms with van der Waals surface area (Å²) in [6.45, 7) is 2.76. The lowest BCUT2D eigenvalue weighted by Gasteiger charge is -2.17. The summed E-state index contributed by atoms with van der Waals surface area (Å²) in [4.78, 5) is 18.1. The molecule has 2 unspecified atom stereocenters. The van der Waals surface area contributed by atoms with Gasteiger partial charge in [0.2, 0.25) is 0 Å². The molecule has 0 aliphatic heterocycles. The molecule has 0 bridgehead atoms. The molecule has 1 N–H and O–H groups in total. The predicted molar refractivity (Wildman–Crippen MR) is 72.4 cm³/mol. The van der Waals surface area contributed by atoms with Crippen LogP contribution in [0.2, 0.25) is 0 Å². The van der Waals surface area contributed by atoms with E-state index in [4.69, 9.17) is 5.11 Å². The summed E-state index contributed by atoms with van der Waals surface area (Å²) in [6.07, 6.45) is 4.35. The number of hydrogen-bond acceptors (Lipinski definition) is 3. The summed E-state index contributed by atoms with van der Waals surface area (Å²) < 4.78 is 0. The maximum atomic E-state index is 12.4. The van der Waals surface area contributed by atoms with Crippen molar-refractivity contribution in [3.63, 3.8) is 0 Å². The lowest BCUT2D eigenvalue weighted by atomic mass is 10.1. The van der Waals surface area contributed by atoms with E-state index in [1.54, 1.807) is 23.4 Å². The second-order valence-corrected chi connectivity index (χ2v) is 5.04. The predicted octanol–water partition coefficient (Wildman–Crippen LogP) is 1.15. The number of hydrogen-bond donors (Lipinski definition) is 1. The summed E-state index contributed by atoms with van der Waals surface area (Å²) in [5.41, 5.74) is 1.11. The second-order valence-electron chi connectivity index (χ2n) is 5.04. The van der Waals surface area contributed by atoms with E-state index in [9.17, 15) is 4.79 Å². The lowest BCUT2D eigenvalue weighted by molar-refractivity contribution is 0.0786. The highest BCUT2D eigenvalue weighted by Crippen LogP contribution is 2.38. The first-order chi connectivity index (χ1) is 9.13. The van der Waals surface area contributed by atoms with Crippen molar-refractivity contribution >= 4 is 5.91 Å². The van der Waals surface area contributed by atoms with Gasteiger partial charge < -0.3 is 10.0 Å². The summed E-state index contributed by atoms with van der Waals surface area (Å²) in [6, 6.07) is 1.68. The average molecular weight is 258 g/mol. The van der Waals surface area contributed by atoms with Gasteiger partial charge in [-0.3, -0.25) is 9.78 Å². The van der Waals surface area contributed by atoms with Crippen LogP contribution in [0, 0.1) is 23.7 Å². The minimum absolute atomic E-state index is 0.0382. The minimum Gasteiger partial charge on any atom is -0.384 e. The zero-order valence-electron chi connectivity index (χ0n) is 11.3. The van der Waals surface area contributed by atoms with E-state index in [0.29, 0.717) is 17.0 Å². The van der Waals surface area contributed by atoms with E-state index >= 15 is 0 Å². The summed E-state index contributed by atoms with van der Waals surface area (Å²) in [5, 5.41) is 8.73. The van der Waals surface area contributed by atoms with Crippen molar-refractivity contribution in [1.29, 1.82) is 0 Å². The number of aliphatic hydroxyl groups is 1. The van der Waals surface area contributed by atoms with Crippen LogP contribution in [-0.4, -0.2) is 41.1 Å². The number of rotatable bonds is 3. The monoisotopic (exact) mass is 258 g/mol. The van der Waals surface area contributed by atoms with Crippen LogP contribution >= 0.6 is 0 Å². The van der Waals surface area contributed by atoms with E-state index in [1.165, 1.54) is 6.42 Å². The van der Waals surface area contributed by atoms with E-state index in [1.807, 2.05) is 7.05 Å². The third-order valence-electron chi connectivity index (χ3n) is 3.48. The third-order valence-corrected chi connectivity index (χ3v) is 3.48. The van der Waals surface area contributed by atoms with E-state index in [-0.39, 0.29) is 12.5 Å². The average Bonchev–Trinajstić information content (AvgIpc) is 3.11. The van der Waals surface area contributed by atoms with Crippen LogP contribution in [0.5, 0.6) is 0 Å². The maximum absolute atomic E-state index is 12.4. The first-order valence-electron chi connectivity index (χ1n) is 6.42. The second kappa shape index (κ2) is 5.85. The molecule has 1 amide bonds. The Morgan fingerprint density at radius 1 is 1.63 bits per heavy atom. The largest absolute Gasteiger partial charge is 0.384 e. The lowest BCUT2D eigenvalue weighted by Crippen LogP contribution is -2.29. The van der Waals surface area contributed by atoms with Gasteiger partial charge in [-0.15, -0.1) is 0 Å². The Kier molecular flexibility index (Phi) is 4.18. The Labute approximate surface area is 113 Å². The fourth-order valence-corrected chi connectivity index (χ4v) is 2.11. The van der Waals surface area contributed by atoms with Gasteiger partial charge in [-0.1, -0.05) is 18.8 Å². The highest BCUT2D eigenvalue weighted by atomic mass is 16.2. The summed E-state index contributed by atoms with van der Waals surface area (Å²) >= 11 is 0. The zero-order valence-corrected chi connectivity index (χ0v) is 11.3. The Morgan fingerprint density at radius 2 is 2.37 bits per heavy atom. The van der Waals surface area contributed by atoms with Crippen LogP contribution in [0.3, 0.4) is 0 Å². The minimum atomic E-state index is -0.224. The van der Waals surface area contributed by atoms with Crippen molar-refractivity contribution in [2.45, 2.75) is 13.3 Å². The molecule has 0 spiro atoms. The Morgan fingerprint density at radius 3 is 3.00 bits per heavy atom. The molecule has 0 saturated heterocycles. The smallest absolute Gasteiger partial charge is 0.254 e. The van der Waals surface area contributed by atoms with E-state index in [2.05, 4.69) is 23.7 Å². The molecule has 1 aromatic heterocycles. The zero-order chi connectivity index (χ0) is 13.8. The van der Waals surface area contributed by atoms with Crippen molar-refractivity contribution in [2.75, 3.05) is 20.2 Å². The van der Waals surface area contributed by atoms with Crippen molar-refractivity contribution in [3.8, 4) is 11.8 Å². The first kappa shape index (κ1) is 13.6. The van der Waals surface area contributed by atoms with Crippen molar-refractivity contribution < 1.29 is 9.90 Å². The van der Waals surface area contributed by atoms with Crippen LogP contribution in [0.25, 0.3) is 0 Å². The van der Waals surface area contributed by atoms with E-state index in [0.717, 1.165) is 12.5 Å². The molecule has 1 fully saturated rings. The molecule has 2 rings (SSSR count). The Balaban J connectivity index is 2.13. The van der Waals surface area contributed by atoms with Gasteiger partial charge in [0, 0.05) is 26.0 Å². The molecule has 1 aromatic rings. The number of aromatic nitrogens is 1. The standard InChI is InChI=1S/C15H18N2O2/c1-11-8-13(11)10-17(2)15(19)14-5-6-16-9-12(14)4-3-7-18/h5-6,9,11,13,18H,7-8,10H2,1-2H3. The van der Waals surface area contributed by atoms with Gasteiger partial charge in [0.25, 0.3) is 5.91 Å². The molecular formula is C15H18N2O2. The van der Waals surface area contributed by atoms with Gasteiger partial charge in [-0.2, -0.15) is 0 Å². The van der Waals surface area contributed by atoms with Gasteiger partial charge in [0.15, 0.2) is 0 Å². The highest BCUT2D eigenvalue weighted by molar-refractivity contribution is 5.96. The fourth-order valence-electron chi connectivity index (χ4n) is 2.11. The van der Waals surface area contributed by atoms with Crippen molar-refractivity contribution in [3.05, 3.63) is 29.6 Å². The molecule has 1 aliphatic rings. The highest BCUT2D eigenvalue weighted by Gasteiger charge is 2.34. The van der Waals surface area contributed by atoms with Gasteiger partial charge in [-0.25, -0.2) is 0 Å². The SMILES string of the molecule is CC1CC1CN(C)C(=O)c1ccncc1C#CCO. The molecule has 19 heavy (non-hydrogen) atoms. The molecule has 2 atom stereocenters. The number of amides is 1. The Hall–Kier alpha value is -1.86. The fraction of sp³-hybridized carbons (Fsp3) is 0.467. The molecule has 1 heterocycles.